The van der Waals surface area contributed by atoms with Gasteiger partial charge >= 0.3 is 5.97 Å². The van der Waals surface area contributed by atoms with Crippen molar-refractivity contribution in [2.24, 2.45) is 5.73 Å². The maximum Gasteiger partial charge on any atom is 0.325 e. The number of benzene rings is 2. The molecule has 0 amide bonds. The lowest BCUT2D eigenvalue weighted by atomic mass is 9.99. The second-order valence-corrected chi connectivity index (χ2v) is 4.57. The molecule has 2 aromatic rings. The molecule has 1 aliphatic rings. The van der Waals surface area contributed by atoms with E-state index in [2.05, 4.69) is 12.1 Å². The van der Waals surface area contributed by atoms with Crippen LogP contribution in [0.2, 0.25) is 0 Å². The van der Waals surface area contributed by atoms with Crippen molar-refractivity contribution in [1.29, 1.82) is 0 Å². The number of hydrogen-bond donors (Lipinski definition) is 2. The maximum atomic E-state index is 10.9. The first-order valence-corrected chi connectivity index (χ1v) is 5.86. The van der Waals surface area contributed by atoms with Crippen molar-refractivity contribution in [3.63, 3.8) is 0 Å². The summed E-state index contributed by atoms with van der Waals surface area (Å²) in [6.07, 6.45) is 0.911. The van der Waals surface area contributed by atoms with Gasteiger partial charge in [0, 0.05) is 0 Å². The topological polar surface area (TPSA) is 63.3 Å². The summed E-state index contributed by atoms with van der Waals surface area (Å²) in [4.78, 5) is 10.9. The second-order valence-electron chi connectivity index (χ2n) is 4.57. The van der Waals surface area contributed by atoms with Gasteiger partial charge in [-0.25, -0.2) is 0 Å². The Balaban J connectivity index is 2.11. The first kappa shape index (κ1) is 11.0. The highest BCUT2D eigenvalue weighted by Crippen LogP contribution is 2.37. The minimum Gasteiger partial charge on any atom is -0.480 e. The first-order chi connectivity index (χ1) is 8.66. The molecule has 0 aliphatic heterocycles. The fourth-order valence-corrected chi connectivity index (χ4v) is 2.48. The van der Waals surface area contributed by atoms with E-state index in [0.29, 0.717) is 5.56 Å². The van der Waals surface area contributed by atoms with Crippen molar-refractivity contribution in [1.82, 2.24) is 0 Å². The highest BCUT2D eigenvalue weighted by molar-refractivity contribution is 5.80. The van der Waals surface area contributed by atoms with E-state index in [9.17, 15) is 4.79 Å². The summed E-state index contributed by atoms with van der Waals surface area (Å²) in [5, 5.41) is 8.95. The largest absolute Gasteiger partial charge is 0.480 e. The number of fused-ring (bicyclic) bond motifs is 3. The number of hydrogen-bond acceptors (Lipinski definition) is 2. The molecule has 3 heteroatoms. The molecule has 3 rings (SSSR count). The number of carboxylic acids is 1. The molecule has 0 heterocycles. The first-order valence-electron chi connectivity index (χ1n) is 5.86. The zero-order valence-electron chi connectivity index (χ0n) is 9.76. The summed E-state index contributed by atoms with van der Waals surface area (Å²) < 4.78 is 0. The van der Waals surface area contributed by atoms with E-state index < -0.39 is 12.0 Å². The molecule has 18 heavy (non-hydrogen) atoms. The molecule has 0 fully saturated rings. The Labute approximate surface area is 105 Å². The van der Waals surface area contributed by atoms with Gasteiger partial charge in [-0.2, -0.15) is 0 Å². The number of nitrogens with two attached hydrogens (primary N) is 1. The minimum atomic E-state index is -0.999. The van der Waals surface area contributed by atoms with Crippen molar-refractivity contribution < 1.29 is 9.90 Å². The van der Waals surface area contributed by atoms with E-state index in [-0.39, 0.29) is 0 Å². The lowest BCUT2D eigenvalue weighted by Gasteiger charge is -2.09. The van der Waals surface area contributed by atoms with E-state index in [4.69, 9.17) is 10.8 Å². The van der Waals surface area contributed by atoms with Gasteiger partial charge in [-0.05, 0) is 40.3 Å². The quantitative estimate of drug-likeness (QED) is 0.721. The number of rotatable bonds is 2. The van der Waals surface area contributed by atoms with Gasteiger partial charge in [0.2, 0.25) is 0 Å². The average Bonchev–Trinajstić information content (AvgIpc) is 2.75. The maximum absolute atomic E-state index is 10.9. The van der Waals surface area contributed by atoms with Crippen LogP contribution in [0.3, 0.4) is 0 Å². The van der Waals surface area contributed by atoms with Gasteiger partial charge < -0.3 is 10.8 Å². The lowest BCUT2D eigenvalue weighted by molar-refractivity contribution is -0.138. The summed E-state index contributed by atoms with van der Waals surface area (Å²) in [6.45, 7) is 0. The van der Waals surface area contributed by atoms with Crippen molar-refractivity contribution in [3.8, 4) is 11.1 Å². The van der Waals surface area contributed by atoms with Gasteiger partial charge in [-0.15, -0.1) is 0 Å². The summed E-state index contributed by atoms with van der Waals surface area (Å²) >= 11 is 0. The Bertz CT molecular complexity index is 634. The molecule has 0 bridgehead atoms. The van der Waals surface area contributed by atoms with Crippen molar-refractivity contribution in [3.05, 3.63) is 59.2 Å². The predicted molar refractivity (Wildman–Crippen MR) is 69.2 cm³/mol. The van der Waals surface area contributed by atoms with Gasteiger partial charge in [0.15, 0.2) is 0 Å². The van der Waals surface area contributed by atoms with Crippen LogP contribution in [0.15, 0.2) is 42.5 Å². The number of carbonyl (C=O) groups is 1. The molecular formula is C15H13NO2. The summed E-state index contributed by atoms with van der Waals surface area (Å²) in [5.41, 5.74) is 11.1. The molecule has 3 N–H and O–H groups in total. The third kappa shape index (κ3) is 1.60. The van der Waals surface area contributed by atoms with Gasteiger partial charge in [0.25, 0.3) is 0 Å². The molecule has 0 radical (unpaired) electrons. The third-order valence-corrected chi connectivity index (χ3v) is 3.45. The average molecular weight is 239 g/mol. The molecule has 0 aromatic heterocycles. The normalized spacial score (nSPS) is 13.8. The zero-order valence-corrected chi connectivity index (χ0v) is 9.76. The Hall–Kier alpha value is -2.13. The van der Waals surface area contributed by atoms with E-state index in [1.165, 1.54) is 16.7 Å². The van der Waals surface area contributed by atoms with Crippen molar-refractivity contribution in [2.75, 3.05) is 0 Å². The van der Waals surface area contributed by atoms with Crippen LogP contribution in [0.5, 0.6) is 0 Å². The smallest absolute Gasteiger partial charge is 0.325 e. The molecule has 0 saturated heterocycles. The summed E-state index contributed by atoms with van der Waals surface area (Å²) in [7, 11) is 0. The molecule has 1 aliphatic carbocycles. The molecule has 1 atom stereocenters. The third-order valence-electron chi connectivity index (χ3n) is 3.45. The molecular weight excluding hydrogens is 226 g/mol. The zero-order chi connectivity index (χ0) is 12.7. The van der Waals surface area contributed by atoms with Crippen molar-refractivity contribution >= 4 is 5.97 Å². The number of carboxylic acid groups (broad SMARTS) is 1. The number of aliphatic carboxylic acids is 1. The predicted octanol–water partition coefficient (Wildman–Crippen LogP) is 2.34. The van der Waals surface area contributed by atoms with E-state index >= 15 is 0 Å². The van der Waals surface area contributed by atoms with Crippen molar-refractivity contribution in [2.45, 2.75) is 12.5 Å². The Kier molecular flexibility index (Phi) is 2.42. The molecule has 3 nitrogen and oxygen atoms in total. The second kappa shape index (κ2) is 3.96. The highest BCUT2D eigenvalue weighted by atomic mass is 16.4. The molecule has 0 saturated carbocycles. The monoisotopic (exact) mass is 239 g/mol. The Morgan fingerprint density at radius 1 is 1.11 bits per heavy atom. The standard InChI is InChI=1S/C15H13NO2/c16-14(15(17)18)11-6-5-10-7-9-3-1-2-4-12(9)13(10)8-11/h1-6,8,14H,7,16H2,(H,17,18)/t14-/m0/s1. The van der Waals surface area contributed by atoms with Gasteiger partial charge in [0.05, 0.1) is 0 Å². The van der Waals surface area contributed by atoms with Gasteiger partial charge in [0.1, 0.15) is 6.04 Å². The van der Waals surface area contributed by atoms with Crippen LogP contribution < -0.4 is 5.73 Å². The molecule has 0 unspecified atom stereocenters. The Morgan fingerprint density at radius 3 is 2.61 bits per heavy atom. The van der Waals surface area contributed by atoms with Crippen LogP contribution in [0.25, 0.3) is 11.1 Å². The van der Waals surface area contributed by atoms with E-state index in [1.54, 1.807) is 0 Å². The van der Waals surface area contributed by atoms with Crippen LogP contribution in [-0.4, -0.2) is 11.1 Å². The summed E-state index contributed by atoms with van der Waals surface area (Å²) in [6, 6.07) is 12.9. The van der Waals surface area contributed by atoms with E-state index in [0.717, 1.165) is 12.0 Å². The van der Waals surface area contributed by atoms with Gasteiger partial charge in [-0.1, -0.05) is 36.4 Å². The Morgan fingerprint density at radius 2 is 1.83 bits per heavy atom. The van der Waals surface area contributed by atoms with E-state index in [1.807, 2.05) is 30.3 Å². The highest BCUT2D eigenvalue weighted by Gasteiger charge is 2.21. The molecule has 0 spiro atoms. The molecule has 2 aromatic carbocycles. The van der Waals surface area contributed by atoms with Crippen LogP contribution >= 0.6 is 0 Å². The fraction of sp³-hybridized carbons (Fsp3) is 0.133. The fourth-order valence-electron chi connectivity index (χ4n) is 2.48. The minimum absolute atomic E-state index is 0.651. The summed E-state index contributed by atoms with van der Waals surface area (Å²) in [5.74, 6) is -0.999. The van der Waals surface area contributed by atoms with Crippen LogP contribution in [0, 0.1) is 0 Å². The van der Waals surface area contributed by atoms with Crippen LogP contribution in [-0.2, 0) is 11.2 Å². The van der Waals surface area contributed by atoms with Crippen LogP contribution in [0.4, 0.5) is 0 Å². The lowest BCUT2D eigenvalue weighted by Crippen LogP contribution is -2.20. The SMILES string of the molecule is N[C@H](C(=O)O)c1ccc2c(c1)-c1ccccc1C2. The molecule has 90 valence electrons. The van der Waals surface area contributed by atoms with Gasteiger partial charge in [-0.3, -0.25) is 4.79 Å². The van der Waals surface area contributed by atoms with Crippen LogP contribution in [0.1, 0.15) is 22.7 Å².